The Kier molecular flexibility index (Phi) is 2.01. The first-order chi connectivity index (χ1) is 6.13. The van der Waals surface area contributed by atoms with E-state index in [0.717, 1.165) is 25.7 Å². The van der Waals surface area contributed by atoms with Crippen LogP contribution in [0, 0.1) is 11.3 Å². The highest BCUT2D eigenvalue weighted by molar-refractivity contribution is 5.89. The Morgan fingerprint density at radius 1 is 1.31 bits per heavy atom. The van der Waals surface area contributed by atoms with Crippen LogP contribution < -0.4 is 0 Å². The molecule has 0 aromatic rings. The molecule has 2 fully saturated rings. The van der Waals surface area contributed by atoms with E-state index in [9.17, 15) is 9.59 Å². The molecular formula is C11H16O2. The minimum absolute atomic E-state index is 0.147. The lowest BCUT2D eigenvalue weighted by Crippen LogP contribution is -2.43. The molecule has 72 valence electrons. The number of carbonyl (C=O) groups excluding carboxylic acids is 2. The van der Waals surface area contributed by atoms with E-state index in [1.54, 1.807) is 0 Å². The monoisotopic (exact) mass is 180 g/mol. The maximum absolute atomic E-state index is 11.7. The first kappa shape index (κ1) is 8.92. The molecule has 2 aliphatic carbocycles. The van der Waals surface area contributed by atoms with Crippen LogP contribution >= 0.6 is 0 Å². The fourth-order valence-electron chi connectivity index (χ4n) is 2.79. The highest BCUT2D eigenvalue weighted by atomic mass is 16.1. The first-order valence-corrected chi connectivity index (χ1v) is 5.18. The molecule has 0 saturated heterocycles. The van der Waals surface area contributed by atoms with Crippen molar-refractivity contribution in [2.45, 2.75) is 45.4 Å². The summed E-state index contributed by atoms with van der Waals surface area (Å²) in [6, 6.07) is 0. The Balaban J connectivity index is 2.22. The minimum atomic E-state index is -0.147. The summed E-state index contributed by atoms with van der Waals surface area (Å²) < 4.78 is 0. The second kappa shape index (κ2) is 2.93. The topological polar surface area (TPSA) is 34.1 Å². The van der Waals surface area contributed by atoms with Gasteiger partial charge in [-0.15, -0.1) is 0 Å². The Hall–Kier alpha value is -0.660. The van der Waals surface area contributed by atoms with Crippen LogP contribution in [0.4, 0.5) is 0 Å². The molecule has 13 heavy (non-hydrogen) atoms. The molecule has 0 spiro atoms. The van der Waals surface area contributed by atoms with Gasteiger partial charge in [-0.1, -0.05) is 6.92 Å². The summed E-state index contributed by atoms with van der Waals surface area (Å²) in [4.78, 5) is 23.0. The van der Waals surface area contributed by atoms with E-state index in [0.29, 0.717) is 30.3 Å². The van der Waals surface area contributed by atoms with Gasteiger partial charge in [0.25, 0.3) is 0 Å². The second-order valence-corrected chi connectivity index (χ2v) is 4.67. The molecule has 0 unspecified atom stereocenters. The lowest BCUT2D eigenvalue weighted by Gasteiger charge is -2.42. The van der Waals surface area contributed by atoms with Crippen LogP contribution in [-0.2, 0) is 9.59 Å². The van der Waals surface area contributed by atoms with Gasteiger partial charge in [-0.25, -0.2) is 0 Å². The molecule has 0 heterocycles. The Labute approximate surface area is 78.7 Å². The molecule has 2 atom stereocenters. The van der Waals surface area contributed by atoms with Crippen molar-refractivity contribution in [2.24, 2.45) is 11.3 Å². The van der Waals surface area contributed by atoms with Gasteiger partial charge >= 0.3 is 0 Å². The molecular weight excluding hydrogens is 164 g/mol. The molecule has 2 saturated carbocycles. The van der Waals surface area contributed by atoms with E-state index in [2.05, 4.69) is 6.92 Å². The van der Waals surface area contributed by atoms with Gasteiger partial charge in [0.15, 0.2) is 0 Å². The molecule has 0 aromatic heterocycles. The van der Waals surface area contributed by atoms with E-state index >= 15 is 0 Å². The average molecular weight is 180 g/mol. The Bertz CT molecular complexity index is 257. The number of carbonyl (C=O) groups is 2. The molecule has 0 amide bonds. The van der Waals surface area contributed by atoms with E-state index in [1.807, 2.05) is 0 Å². The molecule has 0 aliphatic heterocycles. The van der Waals surface area contributed by atoms with Crippen LogP contribution in [0.2, 0.25) is 0 Å². The summed E-state index contributed by atoms with van der Waals surface area (Å²) in [6.45, 7) is 2.06. The molecule has 2 rings (SSSR count). The summed E-state index contributed by atoms with van der Waals surface area (Å²) in [5.41, 5.74) is -0.147. The van der Waals surface area contributed by atoms with Crippen molar-refractivity contribution < 1.29 is 9.59 Å². The minimum Gasteiger partial charge on any atom is -0.300 e. The van der Waals surface area contributed by atoms with Crippen molar-refractivity contribution in [2.75, 3.05) is 0 Å². The molecule has 0 radical (unpaired) electrons. The van der Waals surface area contributed by atoms with E-state index < -0.39 is 0 Å². The zero-order valence-corrected chi connectivity index (χ0v) is 8.14. The smallest absolute Gasteiger partial charge is 0.139 e. The van der Waals surface area contributed by atoms with Gasteiger partial charge in [0.1, 0.15) is 11.6 Å². The summed E-state index contributed by atoms with van der Waals surface area (Å²) in [7, 11) is 0. The lowest BCUT2D eigenvalue weighted by atomic mass is 9.60. The van der Waals surface area contributed by atoms with Crippen LogP contribution in [0.25, 0.3) is 0 Å². The standard InChI is InChI=1S/C11H16O2/c1-11-6-5-9(12)7-8(11)3-2-4-10(11)13/h8H,2-7H2,1H3/t8-,11-/m1/s1. The predicted octanol–water partition coefficient (Wildman–Crippen LogP) is 2.11. The van der Waals surface area contributed by atoms with Gasteiger partial charge in [0.2, 0.25) is 0 Å². The van der Waals surface area contributed by atoms with Crippen molar-refractivity contribution in [3.05, 3.63) is 0 Å². The number of hydrogen-bond donors (Lipinski definition) is 0. The number of fused-ring (bicyclic) bond motifs is 1. The van der Waals surface area contributed by atoms with Gasteiger partial charge in [0.05, 0.1) is 0 Å². The lowest BCUT2D eigenvalue weighted by molar-refractivity contribution is -0.140. The molecule has 2 aliphatic rings. The van der Waals surface area contributed by atoms with Crippen molar-refractivity contribution in [3.8, 4) is 0 Å². The largest absolute Gasteiger partial charge is 0.300 e. The van der Waals surface area contributed by atoms with Gasteiger partial charge < -0.3 is 0 Å². The normalized spacial score (nSPS) is 40.2. The summed E-state index contributed by atoms with van der Waals surface area (Å²) >= 11 is 0. The van der Waals surface area contributed by atoms with Gasteiger partial charge in [-0.3, -0.25) is 9.59 Å². The van der Waals surface area contributed by atoms with Crippen LogP contribution in [0.1, 0.15) is 45.4 Å². The fourth-order valence-corrected chi connectivity index (χ4v) is 2.79. The van der Waals surface area contributed by atoms with Crippen LogP contribution in [0.15, 0.2) is 0 Å². The third-order valence-electron chi connectivity index (χ3n) is 3.89. The van der Waals surface area contributed by atoms with E-state index in [1.165, 1.54) is 0 Å². The highest BCUT2D eigenvalue weighted by Gasteiger charge is 2.46. The third kappa shape index (κ3) is 1.32. The summed E-state index contributed by atoms with van der Waals surface area (Å²) in [5.74, 6) is 1.11. The SMILES string of the molecule is C[C@@]12CCC(=O)C[C@H]1CCCC2=O. The van der Waals surface area contributed by atoms with E-state index in [4.69, 9.17) is 0 Å². The average Bonchev–Trinajstić information content (AvgIpc) is 2.09. The number of hydrogen-bond acceptors (Lipinski definition) is 2. The Morgan fingerprint density at radius 3 is 2.85 bits per heavy atom. The number of rotatable bonds is 0. The van der Waals surface area contributed by atoms with Gasteiger partial charge in [-0.05, 0) is 25.2 Å². The Morgan fingerprint density at radius 2 is 2.08 bits per heavy atom. The zero-order valence-electron chi connectivity index (χ0n) is 8.14. The predicted molar refractivity (Wildman–Crippen MR) is 49.3 cm³/mol. The summed E-state index contributed by atoms with van der Waals surface area (Å²) in [5, 5.41) is 0. The molecule has 0 N–H and O–H groups in total. The van der Waals surface area contributed by atoms with Crippen molar-refractivity contribution in [1.82, 2.24) is 0 Å². The van der Waals surface area contributed by atoms with Crippen LogP contribution in [0.5, 0.6) is 0 Å². The molecule has 0 aromatic carbocycles. The highest BCUT2D eigenvalue weighted by Crippen LogP contribution is 2.46. The molecule has 0 bridgehead atoms. The van der Waals surface area contributed by atoms with Crippen molar-refractivity contribution in [3.63, 3.8) is 0 Å². The van der Waals surface area contributed by atoms with Gasteiger partial charge in [-0.2, -0.15) is 0 Å². The quantitative estimate of drug-likeness (QED) is 0.572. The molecule has 2 nitrogen and oxygen atoms in total. The maximum atomic E-state index is 11.7. The second-order valence-electron chi connectivity index (χ2n) is 4.67. The van der Waals surface area contributed by atoms with Crippen molar-refractivity contribution in [1.29, 1.82) is 0 Å². The zero-order chi connectivity index (χ0) is 9.47. The fraction of sp³-hybridized carbons (Fsp3) is 0.818. The number of ketones is 2. The van der Waals surface area contributed by atoms with Crippen molar-refractivity contribution >= 4 is 11.6 Å². The maximum Gasteiger partial charge on any atom is 0.139 e. The number of Topliss-reactive ketones (excluding diaryl/α,β-unsaturated/α-hetero) is 2. The summed E-state index contributed by atoms with van der Waals surface area (Å²) in [6.07, 6.45) is 4.89. The molecule has 2 heteroatoms. The van der Waals surface area contributed by atoms with Crippen LogP contribution in [-0.4, -0.2) is 11.6 Å². The first-order valence-electron chi connectivity index (χ1n) is 5.18. The third-order valence-corrected chi connectivity index (χ3v) is 3.89. The van der Waals surface area contributed by atoms with E-state index in [-0.39, 0.29) is 5.41 Å². The van der Waals surface area contributed by atoms with Gasteiger partial charge in [0, 0.05) is 24.7 Å². The van der Waals surface area contributed by atoms with Crippen LogP contribution in [0.3, 0.4) is 0 Å².